The number of benzene rings is 1. The molecule has 0 spiro atoms. The zero-order valence-corrected chi connectivity index (χ0v) is 19.8. The fourth-order valence-corrected chi connectivity index (χ4v) is 2.99. The van der Waals surface area contributed by atoms with E-state index in [-0.39, 0.29) is 109 Å². The summed E-state index contributed by atoms with van der Waals surface area (Å²) in [5, 5.41) is 30.5. The second kappa shape index (κ2) is 9.69. The second-order valence-electron chi connectivity index (χ2n) is 3.34. The Morgan fingerprint density at radius 1 is 1.05 bits per heavy atom. The Labute approximate surface area is 217 Å². The Kier molecular flexibility index (Phi) is 11.2. The van der Waals surface area contributed by atoms with E-state index in [4.69, 9.17) is 9.66 Å². The first kappa shape index (κ1) is 25.5. The minimum Gasteiger partial charge on any atom is -0.545 e. The third kappa shape index (κ3) is 5.68. The largest absolute Gasteiger partial charge is 1.00 e. The zero-order chi connectivity index (χ0) is 15.8. The maximum Gasteiger partial charge on any atom is 1.00 e. The summed E-state index contributed by atoms with van der Waals surface area (Å²) >= 11 is 2.48. The molecule has 0 aliphatic carbocycles. The second-order valence-corrected chi connectivity index (χ2v) is 5.52. The molecule has 0 aliphatic heterocycles. The molecular formula is C9H3BrK2O9S. The molecule has 0 aromatic heterocycles. The smallest absolute Gasteiger partial charge is 0.545 e. The number of halogens is 1. The van der Waals surface area contributed by atoms with Crippen molar-refractivity contribution in [3.8, 4) is 0 Å². The molecule has 0 fully saturated rings. The van der Waals surface area contributed by atoms with Crippen molar-refractivity contribution < 1.29 is 145 Å². The van der Waals surface area contributed by atoms with Gasteiger partial charge < -0.3 is 24.9 Å². The number of rotatable bonds is 4. The average molecular weight is 445 g/mol. The van der Waals surface area contributed by atoms with Crippen molar-refractivity contribution in [1.82, 2.24) is 0 Å². The first-order valence-corrected chi connectivity index (χ1v) is 6.71. The van der Waals surface area contributed by atoms with Gasteiger partial charge in [-0.15, -0.1) is 0 Å². The molecule has 0 saturated heterocycles. The van der Waals surface area contributed by atoms with Crippen LogP contribution in [-0.4, -0.2) is 36.0 Å². The SMILES string of the molecule is O=C([O-])c1cc(S(=O)(=O)O)c(C(=O)O)c(Br)c1C(=O)[O-].[K+].[K+]. The molecule has 0 amide bonds. The maximum atomic E-state index is 11.1. The summed E-state index contributed by atoms with van der Waals surface area (Å²) in [5.41, 5.74) is -3.42. The van der Waals surface area contributed by atoms with Gasteiger partial charge >= 0.3 is 109 Å². The molecule has 0 aliphatic rings. The van der Waals surface area contributed by atoms with Crippen LogP contribution in [0.2, 0.25) is 0 Å². The fraction of sp³-hybridized carbons (Fsp3) is 0. The van der Waals surface area contributed by atoms with Crippen molar-refractivity contribution in [3.63, 3.8) is 0 Å². The topological polar surface area (TPSA) is 172 Å². The van der Waals surface area contributed by atoms with Crippen molar-refractivity contribution in [1.29, 1.82) is 0 Å². The maximum absolute atomic E-state index is 11.1. The summed E-state index contributed by atoms with van der Waals surface area (Å²) in [4.78, 5) is 31.3. The van der Waals surface area contributed by atoms with E-state index in [1.807, 2.05) is 0 Å². The van der Waals surface area contributed by atoms with Gasteiger partial charge in [-0.05, 0) is 22.0 Å². The van der Waals surface area contributed by atoms with Gasteiger partial charge in [0, 0.05) is 15.6 Å². The quantitative estimate of drug-likeness (QED) is 0.337. The van der Waals surface area contributed by atoms with Gasteiger partial charge in [-0.3, -0.25) is 4.55 Å². The van der Waals surface area contributed by atoms with Crippen LogP contribution in [0.15, 0.2) is 15.4 Å². The normalized spacial score (nSPS) is 10.1. The minimum atomic E-state index is -5.11. The molecule has 1 aromatic rings. The van der Waals surface area contributed by atoms with Gasteiger partial charge in [0.05, 0.1) is 17.5 Å². The Balaban J connectivity index is 0. The number of carbonyl (C=O) groups excluding carboxylic acids is 2. The summed E-state index contributed by atoms with van der Waals surface area (Å²) < 4.78 is 30.1. The van der Waals surface area contributed by atoms with Gasteiger partial charge in [0.2, 0.25) is 0 Å². The van der Waals surface area contributed by atoms with Gasteiger partial charge in [0.15, 0.2) is 0 Å². The Morgan fingerprint density at radius 3 is 1.77 bits per heavy atom. The summed E-state index contributed by atoms with van der Waals surface area (Å²) in [6, 6.07) is 0.171. The predicted molar refractivity (Wildman–Crippen MR) is 59.6 cm³/mol. The van der Waals surface area contributed by atoms with Crippen molar-refractivity contribution >= 4 is 44.0 Å². The molecule has 0 radical (unpaired) electrons. The summed E-state index contributed by atoms with van der Waals surface area (Å²) in [6.07, 6.45) is 0. The van der Waals surface area contributed by atoms with Crippen LogP contribution in [0.1, 0.15) is 31.1 Å². The Bertz CT molecular complexity index is 744. The van der Waals surface area contributed by atoms with E-state index in [2.05, 4.69) is 15.9 Å². The van der Waals surface area contributed by atoms with Gasteiger partial charge in [0.1, 0.15) is 4.90 Å². The third-order valence-electron chi connectivity index (χ3n) is 2.15. The van der Waals surface area contributed by atoms with E-state index >= 15 is 0 Å². The molecule has 0 bridgehead atoms. The van der Waals surface area contributed by atoms with E-state index in [0.717, 1.165) is 0 Å². The summed E-state index contributed by atoms with van der Waals surface area (Å²) in [6.45, 7) is 0. The Morgan fingerprint density at radius 2 is 1.50 bits per heavy atom. The van der Waals surface area contributed by atoms with Gasteiger partial charge in [-0.2, -0.15) is 8.42 Å². The molecule has 1 aromatic carbocycles. The van der Waals surface area contributed by atoms with Crippen molar-refractivity contribution in [2.24, 2.45) is 0 Å². The van der Waals surface area contributed by atoms with Gasteiger partial charge in [-0.1, -0.05) is 0 Å². The molecule has 13 heteroatoms. The molecule has 0 saturated carbocycles. The van der Waals surface area contributed by atoms with Crippen LogP contribution in [0.5, 0.6) is 0 Å². The summed E-state index contributed by atoms with van der Waals surface area (Å²) in [7, 11) is -5.11. The standard InChI is InChI=1S/C9H5BrO9S.2K/c10-6-4(8(13)14)2(7(11)12)1-3(20(17,18)19)5(6)9(15)16;;/h1H,(H,11,12)(H,13,14)(H,15,16)(H,17,18,19);;/q;2*+1/p-2. The molecule has 22 heavy (non-hydrogen) atoms. The van der Waals surface area contributed by atoms with Crippen LogP contribution in [0, 0.1) is 0 Å². The van der Waals surface area contributed by atoms with Crippen LogP contribution >= 0.6 is 15.9 Å². The van der Waals surface area contributed by atoms with Crippen LogP contribution in [0.3, 0.4) is 0 Å². The van der Waals surface area contributed by atoms with E-state index in [9.17, 15) is 33.0 Å². The van der Waals surface area contributed by atoms with Crippen LogP contribution < -0.4 is 113 Å². The molecule has 0 heterocycles. The van der Waals surface area contributed by atoms with Crippen LogP contribution in [0.25, 0.3) is 0 Å². The van der Waals surface area contributed by atoms with Crippen molar-refractivity contribution in [2.75, 3.05) is 0 Å². The number of carboxylic acid groups (broad SMARTS) is 3. The molecule has 108 valence electrons. The first-order valence-electron chi connectivity index (χ1n) is 4.48. The van der Waals surface area contributed by atoms with Crippen LogP contribution in [0.4, 0.5) is 0 Å². The average Bonchev–Trinajstić information content (AvgIpc) is 2.24. The third-order valence-corrected chi connectivity index (χ3v) is 3.82. The molecule has 9 nitrogen and oxygen atoms in total. The number of carboxylic acids is 3. The van der Waals surface area contributed by atoms with E-state index in [0.29, 0.717) is 0 Å². The minimum absolute atomic E-state index is 0. The monoisotopic (exact) mass is 444 g/mol. The van der Waals surface area contributed by atoms with Gasteiger partial charge in [-0.25, -0.2) is 4.79 Å². The first-order chi connectivity index (χ1) is 8.98. The molecular weight excluding hydrogens is 442 g/mol. The van der Waals surface area contributed by atoms with Crippen LogP contribution in [-0.2, 0) is 10.1 Å². The molecule has 0 atom stereocenters. The van der Waals surface area contributed by atoms with E-state index in [1.165, 1.54) is 0 Å². The zero-order valence-electron chi connectivity index (χ0n) is 11.1. The number of aromatic carboxylic acids is 3. The van der Waals surface area contributed by atoms with Crippen molar-refractivity contribution in [2.45, 2.75) is 4.90 Å². The predicted octanol–water partition coefficient (Wildman–Crippen LogP) is -7.87. The van der Waals surface area contributed by atoms with E-state index in [1.54, 1.807) is 0 Å². The molecule has 0 unspecified atom stereocenters. The van der Waals surface area contributed by atoms with Crippen molar-refractivity contribution in [3.05, 3.63) is 27.2 Å². The number of hydrogen-bond donors (Lipinski definition) is 2. The molecule has 1 rings (SSSR count). The fourth-order valence-electron chi connectivity index (χ4n) is 1.39. The number of carbonyl (C=O) groups is 3. The molecule has 2 N–H and O–H groups in total. The van der Waals surface area contributed by atoms with Gasteiger partial charge in [0.25, 0.3) is 10.1 Å². The Hall–Kier alpha value is 1.29. The number of hydrogen-bond acceptors (Lipinski definition) is 7. The van der Waals surface area contributed by atoms with E-state index < -0.39 is 54.1 Å². The summed E-state index contributed by atoms with van der Waals surface area (Å²) in [5.74, 6) is -6.07.